The molecule has 1 aromatic rings. The molecule has 1 rings (SSSR count). The molecule has 0 aromatic heterocycles. The van der Waals surface area contributed by atoms with Crippen LogP contribution in [0.2, 0.25) is 0 Å². The fourth-order valence-corrected chi connectivity index (χ4v) is 0.672. The third-order valence-electron chi connectivity index (χ3n) is 1.02. The predicted molar refractivity (Wildman–Crippen MR) is 54.5 cm³/mol. The summed E-state index contributed by atoms with van der Waals surface area (Å²) in [6.07, 6.45) is 0. The first-order valence-electron chi connectivity index (χ1n) is 3.25. The zero-order valence-electron chi connectivity index (χ0n) is 6.88. The van der Waals surface area contributed by atoms with Gasteiger partial charge in [0.15, 0.2) is 0 Å². The van der Waals surface area contributed by atoms with Crippen LogP contribution in [-0.2, 0) is 10.4 Å². The summed E-state index contributed by atoms with van der Waals surface area (Å²) in [5.41, 5.74) is 7.00. The molecule has 5 N–H and O–H groups in total. The molecule has 0 radical (unpaired) electrons. The SMILES string of the molecule is Nc1ccc(NCl)cc1.O=S(=O)(O)O. The van der Waals surface area contributed by atoms with E-state index < -0.39 is 10.4 Å². The van der Waals surface area contributed by atoms with Gasteiger partial charge in [-0.3, -0.25) is 13.9 Å². The van der Waals surface area contributed by atoms with E-state index in [1.165, 1.54) is 0 Å². The molecule has 8 heteroatoms. The van der Waals surface area contributed by atoms with E-state index in [9.17, 15) is 0 Å². The van der Waals surface area contributed by atoms with Gasteiger partial charge in [-0.1, -0.05) is 0 Å². The standard InChI is InChI=1S/C6H7ClN2.H2O4S/c7-9-6-3-1-5(8)2-4-6;1-5(2,3)4/h1-4,9H,8H2;(H2,1,2,3,4). The van der Waals surface area contributed by atoms with Gasteiger partial charge in [0, 0.05) is 23.2 Å². The first kappa shape index (κ1) is 13.0. The molecule has 0 atom stereocenters. The molecule has 6 nitrogen and oxygen atoms in total. The van der Waals surface area contributed by atoms with Crippen molar-refractivity contribution in [2.24, 2.45) is 0 Å². The van der Waals surface area contributed by atoms with E-state index in [-0.39, 0.29) is 0 Å². The van der Waals surface area contributed by atoms with Gasteiger partial charge in [0.2, 0.25) is 0 Å². The number of hydrogen-bond acceptors (Lipinski definition) is 4. The third-order valence-corrected chi connectivity index (χ3v) is 1.24. The van der Waals surface area contributed by atoms with Crippen LogP contribution in [0.25, 0.3) is 0 Å². The highest BCUT2D eigenvalue weighted by Crippen LogP contribution is 2.10. The Hall–Kier alpha value is -1.02. The van der Waals surface area contributed by atoms with Gasteiger partial charge < -0.3 is 5.73 Å². The second kappa shape index (κ2) is 5.66. The van der Waals surface area contributed by atoms with Gasteiger partial charge in [0.05, 0.1) is 0 Å². The summed E-state index contributed by atoms with van der Waals surface area (Å²) < 4.78 is 31.6. The van der Waals surface area contributed by atoms with Crippen LogP contribution >= 0.6 is 11.8 Å². The zero-order chi connectivity index (χ0) is 11.2. The summed E-state index contributed by atoms with van der Waals surface area (Å²) in [7, 11) is -4.67. The first-order chi connectivity index (χ1) is 6.33. The molecule has 0 saturated heterocycles. The maximum absolute atomic E-state index is 8.74. The number of nitrogens with two attached hydrogens (primary N) is 1. The van der Waals surface area contributed by atoms with E-state index in [4.69, 9.17) is 35.0 Å². The Bertz CT molecular complexity index is 356. The van der Waals surface area contributed by atoms with Gasteiger partial charge in [0.1, 0.15) is 0 Å². The first-order valence-corrected chi connectivity index (χ1v) is 5.02. The van der Waals surface area contributed by atoms with Crippen molar-refractivity contribution in [3.05, 3.63) is 24.3 Å². The van der Waals surface area contributed by atoms with E-state index in [0.717, 1.165) is 11.4 Å². The van der Waals surface area contributed by atoms with Gasteiger partial charge in [-0.25, -0.2) is 0 Å². The summed E-state index contributed by atoms with van der Waals surface area (Å²) in [6, 6.07) is 7.18. The van der Waals surface area contributed by atoms with Crippen LogP contribution in [-0.4, -0.2) is 17.5 Å². The largest absolute Gasteiger partial charge is 0.399 e. The van der Waals surface area contributed by atoms with Crippen molar-refractivity contribution in [1.29, 1.82) is 0 Å². The topological polar surface area (TPSA) is 113 Å². The molecule has 0 unspecified atom stereocenters. The van der Waals surface area contributed by atoms with Crippen LogP contribution in [0.4, 0.5) is 11.4 Å². The maximum atomic E-state index is 8.74. The smallest absolute Gasteiger partial charge is 0.394 e. The zero-order valence-corrected chi connectivity index (χ0v) is 8.46. The second-order valence-corrected chi connectivity index (χ2v) is 3.25. The molecule has 0 aliphatic heterocycles. The second-order valence-electron chi connectivity index (χ2n) is 2.16. The average molecular weight is 241 g/mol. The highest BCUT2D eigenvalue weighted by molar-refractivity contribution is 7.79. The highest BCUT2D eigenvalue weighted by atomic mass is 35.5. The molecule has 0 bridgehead atoms. The molecule has 0 saturated carbocycles. The Morgan fingerprint density at radius 3 is 1.86 bits per heavy atom. The minimum absolute atomic E-state index is 0.741. The van der Waals surface area contributed by atoms with Crippen LogP contribution in [0.3, 0.4) is 0 Å². The van der Waals surface area contributed by atoms with Crippen LogP contribution < -0.4 is 10.6 Å². The van der Waals surface area contributed by atoms with E-state index in [1.807, 2.05) is 12.1 Å². The molecule has 0 aliphatic rings. The molecular weight excluding hydrogens is 232 g/mol. The van der Waals surface area contributed by atoms with Crippen molar-refractivity contribution in [2.75, 3.05) is 10.6 Å². The van der Waals surface area contributed by atoms with Crippen molar-refractivity contribution in [2.45, 2.75) is 0 Å². The van der Waals surface area contributed by atoms with Gasteiger partial charge in [0.25, 0.3) is 0 Å². The summed E-state index contributed by atoms with van der Waals surface area (Å²) in [6.45, 7) is 0. The van der Waals surface area contributed by atoms with E-state index in [1.54, 1.807) is 12.1 Å². The molecule has 0 heterocycles. The molecule has 0 fully saturated rings. The number of hydrogen-bond donors (Lipinski definition) is 4. The van der Waals surface area contributed by atoms with Gasteiger partial charge >= 0.3 is 10.4 Å². The predicted octanol–water partition coefficient (Wildman–Crippen LogP) is 1.18. The van der Waals surface area contributed by atoms with Crippen molar-refractivity contribution in [1.82, 2.24) is 0 Å². The van der Waals surface area contributed by atoms with Gasteiger partial charge in [-0.15, -0.1) is 0 Å². The molecule has 1 aromatic carbocycles. The summed E-state index contributed by atoms with van der Waals surface area (Å²) >= 11 is 5.29. The lowest BCUT2D eigenvalue weighted by Crippen LogP contribution is -1.89. The molecule has 14 heavy (non-hydrogen) atoms. The number of anilines is 2. The van der Waals surface area contributed by atoms with Crippen molar-refractivity contribution in [3.63, 3.8) is 0 Å². The number of rotatable bonds is 1. The number of benzene rings is 1. The lowest BCUT2D eigenvalue weighted by molar-refractivity contribution is 0.381. The van der Waals surface area contributed by atoms with Crippen molar-refractivity contribution >= 4 is 33.6 Å². The van der Waals surface area contributed by atoms with Crippen molar-refractivity contribution in [3.8, 4) is 0 Å². The minimum atomic E-state index is -4.67. The Morgan fingerprint density at radius 1 is 1.21 bits per heavy atom. The lowest BCUT2D eigenvalue weighted by atomic mass is 10.3. The normalized spacial score (nSPS) is 9.93. The van der Waals surface area contributed by atoms with Crippen LogP contribution in [0, 0.1) is 0 Å². The number of nitrogens with one attached hydrogen (secondary N) is 1. The monoisotopic (exact) mass is 240 g/mol. The molecule has 80 valence electrons. The van der Waals surface area contributed by atoms with E-state index >= 15 is 0 Å². The van der Waals surface area contributed by atoms with Gasteiger partial charge in [-0.05, 0) is 24.3 Å². The molecule has 0 spiro atoms. The third kappa shape index (κ3) is 9.07. The number of halogens is 1. The summed E-state index contributed by atoms with van der Waals surface area (Å²) in [5.74, 6) is 0. The Labute approximate surface area is 86.4 Å². The fraction of sp³-hybridized carbons (Fsp3) is 0. The quantitative estimate of drug-likeness (QED) is 0.333. The van der Waals surface area contributed by atoms with Crippen LogP contribution in [0.1, 0.15) is 0 Å². The Kier molecular flexibility index (Phi) is 5.24. The molecule has 0 amide bonds. The fourth-order valence-electron chi connectivity index (χ4n) is 0.546. The summed E-state index contributed by atoms with van der Waals surface area (Å²) in [4.78, 5) is 2.47. The molecular formula is C6H9ClN2O4S. The summed E-state index contributed by atoms with van der Waals surface area (Å²) in [5, 5.41) is 0. The van der Waals surface area contributed by atoms with E-state index in [2.05, 4.69) is 4.84 Å². The lowest BCUT2D eigenvalue weighted by Gasteiger charge is -1.95. The number of nitrogen functional groups attached to an aromatic ring is 1. The van der Waals surface area contributed by atoms with Gasteiger partial charge in [-0.2, -0.15) is 8.42 Å². The Morgan fingerprint density at radius 2 is 1.57 bits per heavy atom. The maximum Gasteiger partial charge on any atom is 0.394 e. The van der Waals surface area contributed by atoms with E-state index in [0.29, 0.717) is 0 Å². The minimum Gasteiger partial charge on any atom is -0.399 e. The molecule has 0 aliphatic carbocycles. The van der Waals surface area contributed by atoms with Crippen LogP contribution in [0.5, 0.6) is 0 Å². The Balaban J connectivity index is 0.000000292. The van der Waals surface area contributed by atoms with Crippen molar-refractivity contribution < 1.29 is 17.5 Å². The highest BCUT2D eigenvalue weighted by Gasteiger charge is 1.85. The average Bonchev–Trinajstić information content (AvgIpc) is 2.03. The van der Waals surface area contributed by atoms with Crippen LogP contribution in [0.15, 0.2) is 24.3 Å².